The Hall–Kier alpha value is -3.52. The number of hydrogen-bond acceptors (Lipinski definition) is 6. The molecule has 2 heterocycles. The molecule has 0 radical (unpaired) electrons. The van der Waals surface area contributed by atoms with Gasteiger partial charge in [-0.2, -0.15) is 0 Å². The molecular formula is C22H19ClN2O6. The molecule has 3 aromatic rings. The highest BCUT2D eigenvalue weighted by Crippen LogP contribution is 2.33. The van der Waals surface area contributed by atoms with Gasteiger partial charge in [0.25, 0.3) is 5.69 Å². The number of ketones is 1. The molecular weight excluding hydrogens is 424 g/mol. The summed E-state index contributed by atoms with van der Waals surface area (Å²) >= 11 is 6.03. The molecule has 2 aromatic carbocycles. The number of nitro benzene ring substituents is 1. The normalized spacial score (nSPS) is 12.1. The van der Waals surface area contributed by atoms with E-state index < -0.39 is 4.92 Å². The van der Waals surface area contributed by atoms with Gasteiger partial charge in [-0.15, -0.1) is 0 Å². The first-order chi connectivity index (χ1) is 14.8. The van der Waals surface area contributed by atoms with Crippen molar-refractivity contribution in [2.24, 2.45) is 0 Å². The van der Waals surface area contributed by atoms with Gasteiger partial charge in [0.15, 0.2) is 18.1 Å². The predicted octanol–water partition coefficient (Wildman–Crippen LogP) is 4.71. The Labute approximate surface area is 183 Å². The van der Waals surface area contributed by atoms with Crippen molar-refractivity contribution >= 4 is 23.1 Å². The van der Waals surface area contributed by atoms with Gasteiger partial charge in [-0.25, -0.2) is 0 Å². The van der Waals surface area contributed by atoms with Crippen molar-refractivity contribution in [2.45, 2.75) is 20.4 Å². The van der Waals surface area contributed by atoms with Gasteiger partial charge < -0.3 is 18.8 Å². The van der Waals surface area contributed by atoms with Gasteiger partial charge in [0.2, 0.25) is 12.6 Å². The fourth-order valence-electron chi connectivity index (χ4n) is 3.49. The zero-order valence-corrected chi connectivity index (χ0v) is 17.6. The zero-order chi connectivity index (χ0) is 22.1. The van der Waals surface area contributed by atoms with E-state index in [1.54, 1.807) is 0 Å². The van der Waals surface area contributed by atoms with Crippen LogP contribution in [0, 0.1) is 24.0 Å². The molecule has 0 N–H and O–H groups in total. The number of aromatic nitrogens is 1. The number of nitro groups is 1. The van der Waals surface area contributed by atoms with Gasteiger partial charge in [-0.1, -0.05) is 17.7 Å². The second-order valence-electron chi connectivity index (χ2n) is 7.14. The lowest BCUT2D eigenvalue weighted by atomic mass is 10.1. The van der Waals surface area contributed by atoms with Crippen molar-refractivity contribution in [3.8, 4) is 17.2 Å². The molecule has 0 unspecified atom stereocenters. The molecule has 0 bridgehead atoms. The number of aryl methyl sites for hydroxylation is 1. The SMILES string of the molecule is Cc1cc(C(=O)COc2ccc([N+](=O)[O-])cc2Cl)c(C)n1Cc1ccc2c(c1)OCO2. The standard InChI is InChI=1S/C22H19ClN2O6/c1-13-7-17(19(26)11-29-20-6-4-16(25(27)28)9-18(20)23)14(2)24(13)10-15-3-5-21-22(8-15)31-12-30-21/h3-9H,10-12H2,1-2H3. The molecule has 0 spiro atoms. The molecule has 1 aliphatic heterocycles. The van der Waals surface area contributed by atoms with Crippen molar-refractivity contribution in [2.75, 3.05) is 13.4 Å². The maximum atomic E-state index is 12.8. The van der Waals surface area contributed by atoms with Gasteiger partial charge in [0.1, 0.15) is 5.75 Å². The minimum atomic E-state index is -0.546. The Morgan fingerprint density at radius 2 is 1.94 bits per heavy atom. The number of fused-ring (bicyclic) bond motifs is 1. The highest BCUT2D eigenvalue weighted by Gasteiger charge is 2.19. The third-order valence-corrected chi connectivity index (χ3v) is 5.43. The van der Waals surface area contributed by atoms with Crippen LogP contribution in [0.4, 0.5) is 5.69 Å². The van der Waals surface area contributed by atoms with Gasteiger partial charge >= 0.3 is 0 Å². The van der Waals surface area contributed by atoms with Crippen LogP contribution in [-0.2, 0) is 6.54 Å². The monoisotopic (exact) mass is 442 g/mol. The first kappa shape index (κ1) is 20.7. The van der Waals surface area contributed by atoms with E-state index in [1.807, 2.05) is 42.7 Å². The number of carbonyl (C=O) groups excluding carboxylic acids is 1. The van der Waals surface area contributed by atoms with E-state index in [-0.39, 0.29) is 35.6 Å². The van der Waals surface area contributed by atoms with Crippen molar-refractivity contribution in [1.82, 2.24) is 4.57 Å². The van der Waals surface area contributed by atoms with Crippen LogP contribution in [0.5, 0.6) is 17.2 Å². The molecule has 0 saturated carbocycles. The van der Waals surface area contributed by atoms with Crippen LogP contribution < -0.4 is 14.2 Å². The molecule has 0 atom stereocenters. The Morgan fingerprint density at radius 1 is 1.16 bits per heavy atom. The summed E-state index contributed by atoms with van der Waals surface area (Å²) < 4.78 is 18.3. The minimum Gasteiger partial charge on any atom is -0.484 e. The molecule has 160 valence electrons. The van der Waals surface area contributed by atoms with Crippen LogP contribution in [0.2, 0.25) is 5.02 Å². The fraction of sp³-hybridized carbons (Fsp3) is 0.227. The summed E-state index contributed by atoms with van der Waals surface area (Å²) in [7, 11) is 0. The number of carbonyl (C=O) groups is 1. The highest BCUT2D eigenvalue weighted by atomic mass is 35.5. The van der Waals surface area contributed by atoms with Crippen LogP contribution >= 0.6 is 11.6 Å². The van der Waals surface area contributed by atoms with Crippen LogP contribution in [0.1, 0.15) is 27.3 Å². The Balaban J connectivity index is 1.48. The smallest absolute Gasteiger partial charge is 0.271 e. The van der Waals surface area contributed by atoms with Crippen molar-refractivity contribution in [1.29, 1.82) is 0 Å². The molecule has 0 saturated heterocycles. The maximum Gasteiger partial charge on any atom is 0.271 e. The summed E-state index contributed by atoms with van der Waals surface area (Å²) in [5.74, 6) is 1.45. The largest absolute Gasteiger partial charge is 0.484 e. The van der Waals surface area contributed by atoms with E-state index in [0.717, 1.165) is 22.7 Å². The second-order valence-corrected chi connectivity index (χ2v) is 7.55. The van der Waals surface area contributed by atoms with E-state index >= 15 is 0 Å². The van der Waals surface area contributed by atoms with Gasteiger partial charge in [-0.3, -0.25) is 14.9 Å². The molecule has 1 aliphatic rings. The van der Waals surface area contributed by atoms with Crippen LogP contribution in [0.15, 0.2) is 42.5 Å². The number of ether oxygens (including phenoxy) is 3. The Morgan fingerprint density at radius 3 is 2.68 bits per heavy atom. The van der Waals surface area contributed by atoms with Gasteiger partial charge in [0.05, 0.1) is 9.95 Å². The third-order valence-electron chi connectivity index (χ3n) is 5.14. The van der Waals surface area contributed by atoms with Crippen LogP contribution in [0.3, 0.4) is 0 Å². The summed E-state index contributed by atoms with van der Waals surface area (Å²) in [6, 6.07) is 11.5. The molecule has 0 aliphatic carbocycles. The first-order valence-electron chi connectivity index (χ1n) is 9.48. The lowest BCUT2D eigenvalue weighted by Gasteiger charge is -2.11. The van der Waals surface area contributed by atoms with Crippen LogP contribution in [-0.4, -0.2) is 28.7 Å². The van der Waals surface area contributed by atoms with E-state index in [4.69, 9.17) is 25.8 Å². The van der Waals surface area contributed by atoms with Gasteiger partial charge in [-0.05, 0) is 43.7 Å². The summed E-state index contributed by atoms with van der Waals surface area (Å²) in [6.45, 7) is 4.39. The van der Waals surface area contributed by atoms with Crippen molar-refractivity contribution in [3.05, 3.63) is 80.1 Å². The average molecular weight is 443 g/mol. The predicted molar refractivity (Wildman–Crippen MR) is 114 cm³/mol. The fourth-order valence-corrected chi connectivity index (χ4v) is 3.72. The van der Waals surface area contributed by atoms with Crippen molar-refractivity contribution < 1.29 is 23.9 Å². The Kier molecular flexibility index (Phi) is 5.56. The molecule has 31 heavy (non-hydrogen) atoms. The van der Waals surface area contributed by atoms with E-state index in [2.05, 4.69) is 0 Å². The summed E-state index contributed by atoms with van der Waals surface area (Å²) in [5, 5.41) is 10.9. The third kappa shape index (κ3) is 4.20. The lowest BCUT2D eigenvalue weighted by molar-refractivity contribution is -0.384. The number of nitrogens with zero attached hydrogens (tertiary/aromatic N) is 2. The van der Waals surface area contributed by atoms with E-state index in [0.29, 0.717) is 17.9 Å². The number of rotatable bonds is 7. The molecule has 8 nitrogen and oxygen atoms in total. The highest BCUT2D eigenvalue weighted by molar-refractivity contribution is 6.32. The maximum absolute atomic E-state index is 12.8. The van der Waals surface area contributed by atoms with E-state index in [9.17, 15) is 14.9 Å². The molecule has 1 aromatic heterocycles. The van der Waals surface area contributed by atoms with Crippen LogP contribution in [0.25, 0.3) is 0 Å². The van der Waals surface area contributed by atoms with Crippen molar-refractivity contribution in [3.63, 3.8) is 0 Å². The van der Waals surface area contributed by atoms with Gasteiger partial charge in [0, 0.05) is 35.6 Å². The second kappa shape index (κ2) is 8.31. The number of Topliss-reactive ketones (excluding diaryl/α,β-unsaturated/α-hetero) is 1. The van der Waals surface area contributed by atoms with E-state index in [1.165, 1.54) is 18.2 Å². The molecule has 0 amide bonds. The number of halogens is 1. The quantitative estimate of drug-likeness (QED) is 0.299. The lowest BCUT2D eigenvalue weighted by Crippen LogP contribution is -2.13. The topological polar surface area (TPSA) is 92.8 Å². The first-order valence-corrected chi connectivity index (χ1v) is 9.86. The Bertz CT molecular complexity index is 1190. The summed E-state index contributed by atoms with van der Waals surface area (Å²) in [6.07, 6.45) is 0. The number of non-ortho nitro benzene ring substituents is 1. The summed E-state index contributed by atoms with van der Waals surface area (Å²) in [4.78, 5) is 23.0. The zero-order valence-electron chi connectivity index (χ0n) is 16.9. The molecule has 4 rings (SSSR count). The number of benzene rings is 2. The average Bonchev–Trinajstić information content (AvgIpc) is 3.32. The minimum absolute atomic E-state index is 0.0790. The molecule has 0 fully saturated rings. The summed E-state index contributed by atoms with van der Waals surface area (Å²) in [5.41, 5.74) is 3.19. The molecule has 9 heteroatoms. The number of hydrogen-bond donors (Lipinski definition) is 0.